The minimum Gasteiger partial charge on any atom is -0.388 e. The van der Waals surface area contributed by atoms with Crippen LogP contribution in [0.4, 0.5) is 0 Å². The van der Waals surface area contributed by atoms with Crippen molar-refractivity contribution >= 4 is 16.6 Å². The average Bonchev–Trinajstić information content (AvgIpc) is 3.24. The molecule has 0 radical (unpaired) electrons. The molecule has 0 unspecified atom stereocenters. The Morgan fingerprint density at radius 2 is 2.03 bits per heavy atom. The third-order valence-electron chi connectivity index (χ3n) is 6.24. The van der Waals surface area contributed by atoms with E-state index in [9.17, 15) is 9.90 Å². The molecule has 7 heteroatoms. The van der Waals surface area contributed by atoms with Gasteiger partial charge < -0.3 is 10.4 Å². The summed E-state index contributed by atoms with van der Waals surface area (Å²) in [4.78, 5) is 17.7. The Hall–Kier alpha value is -2.77. The van der Waals surface area contributed by atoms with Gasteiger partial charge in [-0.05, 0) is 62.0 Å². The van der Waals surface area contributed by atoms with Crippen molar-refractivity contribution in [2.45, 2.75) is 38.3 Å². The summed E-state index contributed by atoms with van der Waals surface area (Å²) in [5.41, 5.74) is 5.59. The van der Waals surface area contributed by atoms with E-state index in [0.29, 0.717) is 23.9 Å². The van der Waals surface area contributed by atoms with Gasteiger partial charge in [-0.15, -0.1) is 0 Å². The second kappa shape index (κ2) is 6.64. The Balaban J connectivity index is 1.56. The third-order valence-corrected chi connectivity index (χ3v) is 6.24. The minimum atomic E-state index is -0.882. The fourth-order valence-electron chi connectivity index (χ4n) is 4.57. The number of aryl methyl sites for hydroxylation is 1. The molecule has 150 valence electrons. The van der Waals surface area contributed by atoms with Crippen molar-refractivity contribution in [1.82, 2.24) is 24.6 Å². The second-order valence-corrected chi connectivity index (χ2v) is 8.28. The van der Waals surface area contributed by atoms with E-state index in [2.05, 4.69) is 46.6 Å². The van der Waals surface area contributed by atoms with Crippen LogP contribution < -0.4 is 10.9 Å². The van der Waals surface area contributed by atoms with Crippen LogP contribution in [0.15, 0.2) is 35.4 Å². The molecule has 0 spiro atoms. The Kier molecular flexibility index (Phi) is 4.18. The number of piperidine rings is 1. The fourth-order valence-corrected chi connectivity index (χ4v) is 4.57. The second-order valence-electron chi connectivity index (χ2n) is 8.28. The van der Waals surface area contributed by atoms with Crippen LogP contribution >= 0.6 is 0 Å². The van der Waals surface area contributed by atoms with Crippen LogP contribution in [0.3, 0.4) is 0 Å². The number of allylic oxidation sites excluding steroid dienone is 2. The summed E-state index contributed by atoms with van der Waals surface area (Å²) in [5.74, 6) is 0. The highest BCUT2D eigenvalue weighted by atomic mass is 16.3. The first-order chi connectivity index (χ1) is 14.0. The molecule has 0 bridgehead atoms. The van der Waals surface area contributed by atoms with Crippen LogP contribution in [0, 0.1) is 0 Å². The fraction of sp³-hybridized carbons (Fsp3) is 0.409. The van der Waals surface area contributed by atoms with Crippen molar-refractivity contribution in [3.8, 4) is 11.3 Å². The molecule has 1 aliphatic carbocycles. The number of rotatable bonds is 3. The summed E-state index contributed by atoms with van der Waals surface area (Å²) in [5, 5.41) is 18.5. The van der Waals surface area contributed by atoms with Gasteiger partial charge in [0.1, 0.15) is 5.52 Å². The molecule has 5 rings (SSSR count). The average molecular weight is 391 g/mol. The normalized spacial score (nSPS) is 18.1. The summed E-state index contributed by atoms with van der Waals surface area (Å²) in [7, 11) is 1.85. The topological polar surface area (TPSA) is 85.0 Å². The molecule has 1 saturated heterocycles. The van der Waals surface area contributed by atoms with Gasteiger partial charge in [0.05, 0.1) is 24.2 Å². The molecule has 2 N–H and O–H groups in total. The third kappa shape index (κ3) is 3.01. The van der Waals surface area contributed by atoms with Crippen LogP contribution in [0.5, 0.6) is 0 Å². The zero-order valence-electron chi connectivity index (χ0n) is 16.8. The zero-order valence-corrected chi connectivity index (χ0v) is 16.8. The molecule has 0 saturated carbocycles. The number of hydrogen-bond donors (Lipinski definition) is 2. The van der Waals surface area contributed by atoms with Crippen LogP contribution in [0.25, 0.3) is 27.9 Å². The number of benzene rings is 1. The molecule has 29 heavy (non-hydrogen) atoms. The standard InChI is InChI=1S/C22H25N5O2/c1-14-3-4-15-11-16(5-6-17(14)15)20-18-19(25-26(20)2)21(28)27(13-24-18)12-22(29)7-9-23-10-8-22/h3,5-6,11,13,23,29H,4,7-10,12H2,1-2H3. The number of aromatic nitrogens is 4. The van der Waals surface area contributed by atoms with Gasteiger partial charge >= 0.3 is 0 Å². The van der Waals surface area contributed by atoms with Crippen molar-refractivity contribution in [3.63, 3.8) is 0 Å². The predicted molar refractivity (Wildman–Crippen MR) is 113 cm³/mol. The van der Waals surface area contributed by atoms with Crippen molar-refractivity contribution in [2.24, 2.45) is 7.05 Å². The van der Waals surface area contributed by atoms with Gasteiger partial charge in [-0.1, -0.05) is 18.2 Å². The molecule has 3 heterocycles. The molecule has 1 fully saturated rings. The lowest BCUT2D eigenvalue weighted by Crippen LogP contribution is -2.46. The Morgan fingerprint density at radius 1 is 1.24 bits per heavy atom. The summed E-state index contributed by atoms with van der Waals surface area (Å²) >= 11 is 0. The van der Waals surface area contributed by atoms with Crippen LogP contribution in [-0.2, 0) is 20.0 Å². The number of fused-ring (bicyclic) bond motifs is 2. The van der Waals surface area contributed by atoms with E-state index >= 15 is 0 Å². The number of hydrogen-bond acceptors (Lipinski definition) is 5. The van der Waals surface area contributed by atoms with Gasteiger partial charge in [0, 0.05) is 12.6 Å². The first-order valence-electron chi connectivity index (χ1n) is 10.1. The van der Waals surface area contributed by atoms with E-state index in [-0.39, 0.29) is 12.1 Å². The SMILES string of the molecule is CC1=CCc2cc(-c3c4ncn(CC5(O)CCNCC5)c(=O)c4nn3C)ccc21. The van der Waals surface area contributed by atoms with Gasteiger partial charge in [0.25, 0.3) is 5.56 Å². The molecule has 1 aliphatic heterocycles. The summed E-state index contributed by atoms with van der Waals surface area (Å²) in [6.07, 6.45) is 5.95. The van der Waals surface area contributed by atoms with Gasteiger partial charge in [-0.2, -0.15) is 5.10 Å². The molecule has 1 aromatic carbocycles. The lowest BCUT2D eigenvalue weighted by molar-refractivity contribution is -0.00628. The van der Waals surface area contributed by atoms with Gasteiger partial charge in [0.2, 0.25) is 0 Å². The highest BCUT2D eigenvalue weighted by Crippen LogP contribution is 2.33. The maximum Gasteiger partial charge on any atom is 0.281 e. The van der Waals surface area contributed by atoms with Crippen LogP contribution in [0.2, 0.25) is 0 Å². The summed E-state index contributed by atoms with van der Waals surface area (Å²) in [6, 6.07) is 6.38. The molecular formula is C22H25N5O2. The maximum absolute atomic E-state index is 13.1. The molecule has 0 amide bonds. The Bertz CT molecular complexity index is 1200. The molecule has 0 atom stereocenters. The Morgan fingerprint density at radius 3 is 2.83 bits per heavy atom. The lowest BCUT2D eigenvalue weighted by Gasteiger charge is -2.32. The van der Waals surface area contributed by atoms with Crippen molar-refractivity contribution in [1.29, 1.82) is 0 Å². The largest absolute Gasteiger partial charge is 0.388 e. The van der Waals surface area contributed by atoms with E-state index in [1.54, 1.807) is 11.0 Å². The predicted octanol–water partition coefficient (Wildman–Crippen LogP) is 1.87. The number of aliphatic hydroxyl groups is 1. The summed E-state index contributed by atoms with van der Waals surface area (Å²) in [6.45, 7) is 3.88. The maximum atomic E-state index is 13.1. The zero-order chi connectivity index (χ0) is 20.2. The van der Waals surface area contributed by atoms with Crippen LogP contribution in [-0.4, -0.2) is 43.1 Å². The van der Waals surface area contributed by atoms with E-state index in [1.807, 2.05) is 7.05 Å². The first kappa shape index (κ1) is 18.3. The van der Waals surface area contributed by atoms with Gasteiger partial charge in [-0.25, -0.2) is 4.98 Å². The number of nitrogens with zero attached hydrogens (tertiary/aromatic N) is 4. The van der Waals surface area contributed by atoms with Gasteiger partial charge in [0.15, 0.2) is 5.52 Å². The monoisotopic (exact) mass is 391 g/mol. The molecule has 3 aromatic rings. The van der Waals surface area contributed by atoms with E-state index in [4.69, 9.17) is 0 Å². The molecular weight excluding hydrogens is 366 g/mol. The first-order valence-corrected chi connectivity index (χ1v) is 10.1. The van der Waals surface area contributed by atoms with Crippen molar-refractivity contribution in [2.75, 3.05) is 13.1 Å². The van der Waals surface area contributed by atoms with Crippen LogP contribution in [0.1, 0.15) is 30.9 Å². The van der Waals surface area contributed by atoms with E-state index in [1.165, 1.54) is 21.3 Å². The van der Waals surface area contributed by atoms with E-state index in [0.717, 1.165) is 30.8 Å². The Labute approximate surface area is 168 Å². The summed E-state index contributed by atoms with van der Waals surface area (Å²) < 4.78 is 3.24. The van der Waals surface area contributed by atoms with E-state index < -0.39 is 5.60 Å². The lowest BCUT2D eigenvalue weighted by atomic mass is 9.92. The highest BCUT2D eigenvalue weighted by molar-refractivity contribution is 5.90. The van der Waals surface area contributed by atoms with Crippen molar-refractivity contribution in [3.05, 3.63) is 52.1 Å². The molecule has 2 aromatic heterocycles. The van der Waals surface area contributed by atoms with Crippen molar-refractivity contribution < 1.29 is 5.11 Å². The van der Waals surface area contributed by atoms with Gasteiger partial charge in [-0.3, -0.25) is 14.0 Å². The molecule has 7 nitrogen and oxygen atoms in total. The minimum absolute atomic E-state index is 0.206. The molecule has 2 aliphatic rings. The quantitative estimate of drug-likeness (QED) is 0.712. The number of nitrogens with one attached hydrogen (secondary N) is 1. The smallest absolute Gasteiger partial charge is 0.281 e. The highest BCUT2D eigenvalue weighted by Gasteiger charge is 2.30.